The van der Waals surface area contributed by atoms with Crippen LogP contribution in [0.5, 0.6) is 0 Å². The van der Waals surface area contributed by atoms with Gasteiger partial charge < -0.3 is 9.73 Å². The lowest BCUT2D eigenvalue weighted by Crippen LogP contribution is -2.18. The minimum atomic E-state index is -0.353. The molecule has 1 aliphatic rings. The third-order valence-corrected chi connectivity index (χ3v) is 5.03. The number of furan rings is 1. The van der Waals surface area contributed by atoms with E-state index in [0.29, 0.717) is 38.0 Å². The molecule has 0 bridgehead atoms. The number of carbonyl (C=O) groups excluding carboxylic acids is 1. The summed E-state index contributed by atoms with van der Waals surface area (Å²) in [4.78, 5) is 16.8. The van der Waals surface area contributed by atoms with Crippen LogP contribution in [0.3, 0.4) is 0 Å². The summed E-state index contributed by atoms with van der Waals surface area (Å²) >= 11 is 13.1. The molecule has 0 unspecified atom stereocenters. The first-order valence-electron chi connectivity index (χ1n) is 8.08. The van der Waals surface area contributed by atoms with Crippen LogP contribution in [0.4, 0.5) is 14.9 Å². The number of hydrogen-bond donors (Lipinski definition) is 1. The summed E-state index contributed by atoms with van der Waals surface area (Å²) in [6, 6.07) is 14.4. The van der Waals surface area contributed by atoms with Gasteiger partial charge in [0.05, 0.1) is 10.6 Å². The molecular weight excluding hydrogens is 422 g/mol. The molecule has 0 radical (unpaired) electrons. The van der Waals surface area contributed by atoms with E-state index >= 15 is 0 Å². The van der Waals surface area contributed by atoms with E-state index in [-0.39, 0.29) is 11.1 Å². The number of hydrogen-bond acceptors (Lipinski definition) is 4. The fourth-order valence-corrected chi connectivity index (χ4v) is 3.81. The van der Waals surface area contributed by atoms with E-state index in [2.05, 4.69) is 10.3 Å². The molecule has 8 heteroatoms. The van der Waals surface area contributed by atoms with Gasteiger partial charge in [-0.1, -0.05) is 23.2 Å². The number of amidine groups is 1. The lowest BCUT2D eigenvalue weighted by Gasteiger charge is -2.00. The number of thioether (sulfide) groups is 1. The Labute approximate surface area is 174 Å². The SMILES string of the molecule is O=C1NC(=Nc2ccc(F)cc2)C(=Cc2ccc(-c3cc(Cl)cc(Cl)c3)o2)S1. The van der Waals surface area contributed by atoms with Crippen molar-refractivity contribution in [3.05, 3.63) is 81.1 Å². The van der Waals surface area contributed by atoms with Gasteiger partial charge in [0.25, 0.3) is 5.24 Å². The molecule has 2 aromatic carbocycles. The number of halogens is 3. The second-order valence-corrected chi connectivity index (χ2v) is 7.71. The molecule has 3 aromatic rings. The average Bonchev–Trinajstić information content (AvgIpc) is 3.23. The first-order valence-corrected chi connectivity index (χ1v) is 9.65. The van der Waals surface area contributed by atoms with E-state index in [9.17, 15) is 9.18 Å². The highest BCUT2D eigenvalue weighted by Gasteiger charge is 2.24. The number of benzene rings is 2. The Morgan fingerprint density at radius 3 is 2.46 bits per heavy atom. The number of rotatable bonds is 3. The van der Waals surface area contributed by atoms with Crippen LogP contribution < -0.4 is 5.32 Å². The van der Waals surface area contributed by atoms with Gasteiger partial charge in [0.2, 0.25) is 0 Å². The van der Waals surface area contributed by atoms with Crippen molar-refractivity contribution in [3.63, 3.8) is 0 Å². The van der Waals surface area contributed by atoms with Gasteiger partial charge in [0, 0.05) is 15.6 Å². The quantitative estimate of drug-likeness (QED) is 0.488. The van der Waals surface area contributed by atoms with E-state index in [1.165, 1.54) is 24.3 Å². The molecule has 1 aliphatic heterocycles. The molecule has 1 aromatic heterocycles. The summed E-state index contributed by atoms with van der Waals surface area (Å²) in [6.45, 7) is 0. The molecule has 0 aliphatic carbocycles. The van der Waals surface area contributed by atoms with Gasteiger partial charge in [-0.25, -0.2) is 9.38 Å². The lowest BCUT2D eigenvalue weighted by atomic mass is 10.2. The largest absolute Gasteiger partial charge is 0.457 e. The molecule has 1 fully saturated rings. The van der Waals surface area contributed by atoms with Crippen LogP contribution in [0.2, 0.25) is 10.0 Å². The van der Waals surface area contributed by atoms with Gasteiger partial charge in [-0.05, 0) is 72.4 Å². The van der Waals surface area contributed by atoms with Crippen molar-refractivity contribution < 1.29 is 13.6 Å². The maximum absolute atomic E-state index is 13.1. The molecule has 2 heterocycles. The minimum Gasteiger partial charge on any atom is -0.457 e. The number of nitrogens with zero attached hydrogens (tertiary/aromatic N) is 1. The normalized spacial score (nSPS) is 16.8. The van der Waals surface area contributed by atoms with Crippen molar-refractivity contribution >= 4 is 57.8 Å². The smallest absolute Gasteiger partial charge is 0.289 e. The summed E-state index contributed by atoms with van der Waals surface area (Å²) in [5.41, 5.74) is 1.27. The van der Waals surface area contributed by atoms with Crippen molar-refractivity contribution in [2.75, 3.05) is 0 Å². The Kier molecular flexibility index (Phi) is 5.26. The van der Waals surface area contributed by atoms with Crippen molar-refractivity contribution in [2.45, 2.75) is 0 Å². The molecule has 28 heavy (non-hydrogen) atoms. The lowest BCUT2D eigenvalue weighted by molar-refractivity contribution is 0.265. The van der Waals surface area contributed by atoms with E-state index in [4.69, 9.17) is 27.6 Å². The summed E-state index contributed by atoms with van der Waals surface area (Å²) in [7, 11) is 0. The highest BCUT2D eigenvalue weighted by atomic mass is 35.5. The maximum atomic E-state index is 13.1. The van der Waals surface area contributed by atoms with Crippen LogP contribution in [0.1, 0.15) is 5.76 Å². The number of nitrogens with one attached hydrogen (secondary N) is 1. The standard InChI is InChI=1S/C20H11Cl2FN2O2S/c21-12-7-11(8-13(22)9-12)17-6-5-16(27-17)10-18-19(25-20(26)28-18)24-15-3-1-14(23)2-4-15/h1-10H,(H,24,25,26). The molecule has 1 amide bonds. The third-order valence-electron chi connectivity index (χ3n) is 3.77. The Bertz CT molecular complexity index is 1100. The topological polar surface area (TPSA) is 54.6 Å². The zero-order chi connectivity index (χ0) is 19.7. The minimum absolute atomic E-state index is 0.250. The van der Waals surface area contributed by atoms with Crippen LogP contribution >= 0.6 is 35.0 Å². The van der Waals surface area contributed by atoms with Crippen LogP contribution in [0, 0.1) is 5.82 Å². The molecule has 1 saturated heterocycles. The highest BCUT2D eigenvalue weighted by Crippen LogP contribution is 2.32. The number of amides is 1. The molecule has 140 valence electrons. The number of aliphatic imine (C=N–C) groups is 1. The van der Waals surface area contributed by atoms with Crippen molar-refractivity contribution in [2.24, 2.45) is 4.99 Å². The van der Waals surface area contributed by atoms with Crippen molar-refractivity contribution in [1.82, 2.24) is 5.32 Å². The monoisotopic (exact) mass is 432 g/mol. The Balaban J connectivity index is 1.64. The van der Waals surface area contributed by atoms with Gasteiger partial charge >= 0.3 is 0 Å². The van der Waals surface area contributed by atoms with E-state index in [1.807, 2.05) is 0 Å². The van der Waals surface area contributed by atoms with Gasteiger partial charge in [-0.3, -0.25) is 4.79 Å². The Hall–Kier alpha value is -2.54. The highest BCUT2D eigenvalue weighted by molar-refractivity contribution is 8.18. The third kappa shape index (κ3) is 4.30. The molecule has 1 N–H and O–H groups in total. The van der Waals surface area contributed by atoms with Crippen LogP contribution in [0.25, 0.3) is 17.4 Å². The van der Waals surface area contributed by atoms with Gasteiger partial charge in [-0.2, -0.15) is 0 Å². The first kappa shape index (κ1) is 18.8. The van der Waals surface area contributed by atoms with E-state index in [0.717, 1.165) is 17.3 Å². The van der Waals surface area contributed by atoms with Gasteiger partial charge in [0.1, 0.15) is 23.2 Å². The van der Waals surface area contributed by atoms with Crippen molar-refractivity contribution in [3.8, 4) is 11.3 Å². The summed E-state index contributed by atoms with van der Waals surface area (Å²) in [5.74, 6) is 1.16. The molecule has 0 spiro atoms. The first-order chi connectivity index (χ1) is 13.5. The molecular formula is C20H11Cl2FN2O2S. The fourth-order valence-electron chi connectivity index (χ4n) is 2.57. The summed E-state index contributed by atoms with van der Waals surface area (Å²) in [6.07, 6.45) is 1.71. The van der Waals surface area contributed by atoms with Crippen molar-refractivity contribution in [1.29, 1.82) is 0 Å². The van der Waals surface area contributed by atoms with E-state index in [1.54, 1.807) is 36.4 Å². The summed E-state index contributed by atoms with van der Waals surface area (Å²) < 4.78 is 18.9. The molecule has 4 nitrogen and oxygen atoms in total. The molecule has 4 rings (SSSR count). The predicted octanol–water partition coefficient (Wildman–Crippen LogP) is 6.92. The van der Waals surface area contributed by atoms with Gasteiger partial charge in [-0.15, -0.1) is 0 Å². The summed E-state index contributed by atoms with van der Waals surface area (Å²) in [5, 5.41) is 3.44. The fraction of sp³-hybridized carbons (Fsp3) is 0. The molecule has 0 saturated carbocycles. The second kappa shape index (κ2) is 7.83. The molecule has 0 atom stereocenters. The van der Waals surface area contributed by atoms with Crippen LogP contribution in [-0.4, -0.2) is 11.1 Å². The Morgan fingerprint density at radius 2 is 1.75 bits per heavy atom. The number of carbonyl (C=O) groups is 1. The maximum Gasteiger partial charge on any atom is 0.289 e. The van der Waals surface area contributed by atoms with E-state index < -0.39 is 0 Å². The van der Waals surface area contributed by atoms with Crippen LogP contribution in [0.15, 0.2) is 68.9 Å². The van der Waals surface area contributed by atoms with Gasteiger partial charge in [0.15, 0.2) is 0 Å². The predicted molar refractivity (Wildman–Crippen MR) is 112 cm³/mol. The second-order valence-electron chi connectivity index (χ2n) is 5.82. The van der Waals surface area contributed by atoms with Crippen LogP contribution in [-0.2, 0) is 0 Å². The Morgan fingerprint density at radius 1 is 1.04 bits per heavy atom. The zero-order valence-electron chi connectivity index (χ0n) is 14.1. The average molecular weight is 433 g/mol. The zero-order valence-corrected chi connectivity index (χ0v) is 16.4.